The van der Waals surface area contributed by atoms with E-state index in [1.807, 2.05) is 43.3 Å². The molecule has 2 amide bonds. The average Bonchev–Trinajstić information content (AvgIpc) is 2.79. The number of rotatable bonds is 10. The van der Waals surface area contributed by atoms with Crippen molar-refractivity contribution < 1.29 is 23.9 Å². The summed E-state index contributed by atoms with van der Waals surface area (Å²) in [6.45, 7) is 3.54. The Balaban J connectivity index is 1.55. The standard InChI is InChI=1S/C24H29N3O5/c1-2-13-31-23(29)15-21-24(30)25-11-12-27(21)16-22(28)26-19-9-6-10-20(14-19)32-17-18-7-4-3-5-8-18/h3-10,14,21H,2,11-13,15-17H2,1H3,(H,25,30)(H,26,28). The minimum absolute atomic E-state index is 0.00571. The van der Waals surface area contributed by atoms with Crippen molar-refractivity contribution >= 4 is 23.5 Å². The topological polar surface area (TPSA) is 97.0 Å². The van der Waals surface area contributed by atoms with Gasteiger partial charge in [-0.25, -0.2) is 0 Å². The van der Waals surface area contributed by atoms with E-state index < -0.39 is 12.0 Å². The molecule has 0 aliphatic carbocycles. The Morgan fingerprint density at radius 2 is 1.97 bits per heavy atom. The molecule has 32 heavy (non-hydrogen) atoms. The highest BCUT2D eigenvalue weighted by Crippen LogP contribution is 2.19. The molecule has 8 heteroatoms. The molecule has 0 bridgehead atoms. The maximum Gasteiger partial charge on any atom is 0.307 e. The van der Waals surface area contributed by atoms with Crippen LogP contribution in [0.25, 0.3) is 0 Å². The molecule has 8 nitrogen and oxygen atoms in total. The first-order valence-corrected chi connectivity index (χ1v) is 10.8. The van der Waals surface area contributed by atoms with E-state index in [1.54, 1.807) is 23.1 Å². The summed E-state index contributed by atoms with van der Waals surface area (Å²) in [6.07, 6.45) is 0.630. The Bertz CT molecular complexity index is 919. The summed E-state index contributed by atoms with van der Waals surface area (Å²) in [5.41, 5.74) is 1.65. The van der Waals surface area contributed by atoms with Crippen LogP contribution in [0.4, 0.5) is 5.69 Å². The molecule has 0 saturated carbocycles. The summed E-state index contributed by atoms with van der Waals surface area (Å²) in [4.78, 5) is 38.6. The second kappa shape index (κ2) is 11.9. The largest absolute Gasteiger partial charge is 0.489 e. The molecule has 0 radical (unpaired) electrons. The molecule has 2 aromatic rings. The van der Waals surface area contributed by atoms with Gasteiger partial charge in [-0.05, 0) is 24.1 Å². The van der Waals surface area contributed by atoms with Crippen LogP contribution in [0.15, 0.2) is 54.6 Å². The Morgan fingerprint density at radius 3 is 2.75 bits per heavy atom. The molecule has 3 rings (SSSR count). The smallest absolute Gasteiger partial charge is 0.307 e. The van der Waals surface area contributed by atoms with Crippen molar-refractivity contribution in [2.75, 3.05) is 31.6 Å². The molecule has 170 valence electrons. The third-order valence-corrected chi connectivity index (χ3v) is 4.98. The fourth-order valence-electron chi connectivity index (χ4n) is 3.40. The SMILES string of the molecule is CCCOC(=O)CC1C(=O)NCCN1CC(=O)Nc1cccc(OCc2ccccc2)c1. The Morgan fingerprint density at radius 1 is 1.16 bits per heavy atom. The van der Waals surface area contributed by atoms with E-state index >= 15 is 0 Å². The van der Waals surface area contributed by atoms with E-state index in [-0.39, 0.29) is 24.8 Å². The van der Waals surface area contributed by atoms with Crippen molar-refractivity contribution in [1.82, 2.24) is 10.2 Å². The first-order chi connectivity index (χ1) is 15.5. The maximum atomic E-state index is 12.6. The van der Waals surface area contributed by atoms with Crippen LogP contribution in [-0.4, -0.2) is 55.0 Å². The molecular formula is C24H29N3O5. The second-order valence-electron chi connectivity index (χ2n) is 7.55. The van der Waals surface area contributed by atoms with Gasteiger partial charge in [0.05, 0.1) is 19.6 Å². The summed E-state index contributed by atoms with van der Waals surface area (Å²) in [6, 6.07) is 16.2. The average molecular weight is 440 g/mol. The molecule has 0 spiro atoms. The molecule has 1 aliphatic heterocycles. The number of piperazine rings is 1. The third kappa shape index (κ3) is 7.09. The van der Waals surface area contributed by atoms with Gasteiger partial charge in [0.2, 0.25) is 11.8 Å². The monoisotopic (exact) mass is 439 g/mol. The van der Waals surface area contributed by atoms with Crippen molar-refractivity contribution in [3.05, 3.63) is 60.2 Å². The number of nitrogens with zero attached hydrogens (tertiary/aromatic N) is 1. The van der Waals surface area contributed by atoms with Gasteiger partial charge in [0.25, 0.3) is 0 Å². The predicted molar refractivity (Wildman–Crippen MR) is 120 cm³/mol. The molecule has 1 aliphatic rings. The van der Waals surface area contributed by atoms with E-state index in [4.69, 9.17) is 9.47 Å². The van der Waals surface area contributed by atoms with Crippen LogP contribution in [0.2, 0.25) is 0 Å². The van der Waals surface area contributed by atoms with Gasteiger partial charge < -0.3 is 20.1 Å². The van der Waals surface area contributed by atoms with E-state index in [9.17, 15) is 14.4 Å². The van der Waals surface area contributed by atoms with Gasteiger partial charge >= 0.3 is 5.97 Å². The molecule has 1 unspecified atom stereocenters. The highest BCUT2D eigenvalue weighted by molar-refractivity contribution is 5.93. The molecule has 1 saturated heterocycles. The van der Waals surface area contributed by atoms with Crippen molar-refractivity contribution in [3.63, 3.8) is 0 Å². The number of carbonyl (C=O) groups is 3. The van der Waals surface area contributed by atoms with Crippen LogP contribution in [0.3, 0.4) is 0 Å². The van der Waals surface area contributed by atoms with Crippen LogP contribution in [0.1, 0.15) is 25.3 Å². The summed E-state index contributed by atoms with van der Waals surface area (Å²) < 4.78 is 10.9. The molecule has 1 atom stereocenters. The van der Waals surface area contributed by atoms with E-state index in [0.29, 0.717) is 44.2 Å². The zero-order valence-electron chi connectivity index (χ0n) is 18.2. The first kappa shape index (κ1) is 23.3. The van der Waals surface area contributed by atoms with Crippen molar-refractivity contribution in [1.29, 1.82) is 0 Å². The molecule has 1 heterocycles. The van der Waals surface area contributed by atoms with E-state index in [2.05, 4.69) is 10.6 Å². The number of anilines is 1. The lowest BCUT2D eigenvalue weighted by Gasteiger charge is -2.33. The fourth-order valence-corrected chi connectivity index (χ4v) is 3.40. The number of carbonyl (C=O) groups excluding carboxylic acids is 3. The highest BCUT2D eigenvalue weighted by Gasteiger charge is 2.33. The summed E-state index contributed by atoms with van der Waals surface area (Å²) in [5.74, 6) is -0.344. The fraction of sp³-hybridized carbons (Fsp3) is 0.375. The minimum Gasteiger partial charge on any atom is -0.489 e. The zero-order valence-corrected chi connectivity index (χ0v) is 18.2. The van der Waals surface area contributed by atoms with Crippen molar-refractivity contribution in [2.45, 2.75) is 32.4 Å². The Hall–Kier alpha value is -3.39. The quantitative estimate of drug-likeness (QED) is 0.552. The van der Waals surface area contributed by atoms with Crippen LogP contribution in [0.5, 0.6) is 5.75 Å². The highest BCUT2D eigenvalue weighted by atomic mass is 16.5. The van der Waals surface area contributed by atoms with Gasteiger partial charge in [-0.3, -0.25) is 19.3 Å². The lowest BCUT2D eigenvalue weighted by atomic mass is 10.1. The van der Waals surface area contributed by atoms with Crippen LogP contribution in [-0.2, 0) is 25.7 Å². The van der Waals surface area contributed by atoms with Crippen LogP contribution >= 0.6 is 0 Å². The third-order valence-electron chi connectivity index (χ3n) is 4.98. The number of benzene rings is 2. The number of hydrogen-bond acceptors (Lipinski definition) is 6. The summed E-state index contributed by atoms with van der Waals surface area (Å²) in [5, 5.41) is 5.59. The van der Waals surface area contributed by atoms with Gasteiger partial charge in [-0.1, -0.05) is 43.3 Å². The normalized spacial score (nSPS) is 16.2. The number of nitrogens with one attached hydrogen (secondary N) is 2. The molecule has 2 aromatic carbocycles. The Kier molecular flexibility index (Phi) is 8.62. The number of ether oxygens (including phenoxy) is 2. The van der Waals surface area contributed by atoms with Crippen molar-refractivity contribution in [3.8, 4) is 5.75 Å². The number of hydrogen-bond donors (Lipinski definition) is 2. The molecule has 1 fully saturated rings. The van der Waals surface area contributed by atoms with E-state index in [1.165, 1.54) is 0 Å². The van der Waals surface area contributed by atoms with Crippen LogP contribution < -0.4 is 15.4 Å². The van der Waals surface area contributed by atoms with Gasteiger partial charge in [-0.15, -0.1) is 0 Å². The van der Waals surface area contributed by atoms with E-state index in [0.717, 1.165) is 5.56 Å². The minimum atomic E-state index is -0.723. The summed E-state index contributed by atoms with van der Waals surface area (Å²) >= 11 is 0. The second-order valence-corrected chi connectivity index (χ2v) is 7.55. The van der Waals surface area contributed by atoms with Gasteiger partial charge in [0, 0.05) is 24.8 Å². The first-order valence-electron chi connectivity index (χ1n) is 10.8. The van der Waals surface area contributed by atoms with Crippen LogP contribution in [0, 0.1) is 0 Å². The predicted octanol–water partition coefficient (Wildman–Crippen LogP) is 2.35. The molecular weight excluding hydrogens is 410 g/mol. The molecule has 0 aromatic heterocycles. The van der Waals surface area contributed by atoms with Crippen molar-refractivity contribution in [2.24, 2.45) is 0 Å². The lowest BCUT2D eigenvalue weighted by Crippen LogP contribution is -2.57. The van der Waals surface area contributed by atoms with Gasteiger partial charge in [-0.2, -0.15) is 0 Å². The zero-order chi connectivity index (χ0) is 22.8. The van der Waals surface area contributed by atoms with Gasteiger partial charge in [0.15, 0.2) is 0 Å². The molecule has 2 N–H and O–H groups in total. The van der Waals surface area contributed by atoms with Gasteiger partial charge in [0.1, 0.15) is 18.4 Å². The number of esters is 1. The lowest BCUT2D eigenvalue weighted by molar-refractivity contribution is -0.148. The summed E-state index contributed by atoms with van der Waals surface area (Å²) in [7, 11) is 0. The number of amides is 2. The Labute approximate surface area is 187 Å². The maximum absolute atomic E-state index is 12.6.